The zero-order chi connectivity index (χ0) is 9.84. The second kappa shape index (κ2) is 3.98. The van der Waals surface area contributed by atoms with E-state index >= 15 is 0 Å². The Bertz CT molecular complexity index is 310. The third-order valence-electron chi connectivity index (χ3n) is 1.69. The summed E-state index contributed by atoms with van der Waals surface area (Å²) >= 11 is 0. The molecule has 0 saturated heterocycles. The van der Waals surface area contributed by atoms with Crippen molar-refractivity contribution < 1.29 is 4.79 Å². The van der Waals surface area contributed by atoms with Gasteiger partial charge in [-0.05, 0) is 6.92 Å². The average molecular weight is 179 g/mol. The van der Waals surface area contributed by atoms with Crippen LogP contribution in [0.2, 0.25) is 0 Å². The molecule has 70 valence electrons. The molecule has 0 N–H and O–H groups in total. The summed E-state index contributed by atoms with van der Waals surface area (Å²) in [5.41, 5.74) is 0.866. The molecule has 0 aliphatic carbocycles. The topological polar surface area (TPSA) is 46.1 Å². The van der Waals surface area contributed by atoms with Gasteiger partial charge in [0, 0.05) is 32.3 Å². The Morgan fingerprint density at radius 2 is 2.23 bits per heavy atom. The van der Waals surface area contributed by atoms with E-state index in [1.54, 1.807) is 6.20 Å². The molecule has 1 rings (SSSR count). The standard InChI is InChI=1S/C9H13N3O/c1-7-10-6-8(4-5-13)9(11-7)12(2)3/h5-6H,4H2,1-3H3. The molecule has 1 aromatic heterocycles. The molecular formula is C9H13N3O. The number of rotatable bonds is 3. The van der Waals surface area contributed by atoms with Gasteiger partial charge < -0.3 is 9.69 Å². The van der Waals surface area contributed by atoms with Crippen LogP contribution in [0.25, 0.3) is 0 Å². The van der Waals surface area contributed by atoms with E-state index in [1.165, 1.54) is 0 Å². The Kier molecular flexibility index (Phi) is 2.95. The molecule has 1 aromatic rings. The van der Waals surface area contributed by atoms with Gasteiger partial charge in [-0.25, -0.2) is 9.97 Å². The number of hydrogen-bond donors (Lipinski definition) is 0. The monoisotopic (exact) mass is 179 g/mol. The SMILES string of the molecule is Cc1ncc(CC=O)c(N(C)C)n1. The van der Waals surface area contributed by atoms with E-state index in [-0.39, 0.29) is 0 Å². The Labute approximate surface area is 77.6 Å². The first kappa shape index (κ1) is 9.64. The Morgan fingerprint density at radius 3 is 2.77 bits per heavy atom. The van der Waals surface area contributed by atoms with E-state index in [1.807, 2.05) is 25.9 Å². The summed E-state index contributed by atoms with van der Waals surface area (Å²) in [6.45, 7) is 1.83. The number of nitrogens with zero attached hydrogens (tertiary/aromatic N) is 3. The van der Waals surface area contributed by atoms with E-state index in [0.29, 0.717) is 6.42 Å². The largest absolute Gasteiger partial charge is 0.362 e. The second-order valence-electron chi connectivity index (χ2n) is 3.03. The van der Waals surface area contributed by atoms with Gasteiger partial charge >= 0.3 is 0 Å². The molecule has 0 atom stereocenters. The maximum Gasteiger partial charge on any atom is 0.135 e. The maximum absolute atomic E-state index is 10.4. The van der Waals surface area contributed by atoms with Gasteiger partial charge in [0.1, 0.15) is 17.9 Å². The van der Waals surface area contributed by atoms with Gasteiger partial charge in [-0.15, -0.1) is 0 Å². The van der Waals surface area contributed by atoms with Crippen LogP contribution in [0.5, 0.6) is 0 Å². The van der Waals surface area contributed by atoms with Crippen LogP contribution in [-0.4, -0.2) is 30.3 Å². The lowest BCUT2D eigenvalue weighted by Gasteiger charge is -2.14. The van der Waals surface area contributed by atoms with E-state index < -0.39 is 0 Å². The molecule has 0 amide bonds. The number of carbonyl (C=O) groups excluding carboxylic acids is 1. The molecule has 0 spiro atoms. The van der Waals surface area contributed by atoms with Crippen molar-refractivity contribution in [1.82, 2.24) is 9.97 Å². The third-order valence-corrected chi connectivity index (χ3v) is 1.69. The van der Waals surface area contributed by atoms with Crippen molar-refractivity contribution >= 4 is 12.1 Å². The fraction of sp³-hybridized carbons (Fsp3) is 0.444. The van der Waals surface area contributed by atoms with Crippen molar-refractivity contribution in [1.29, 1.82) is 0 Å². The molecule has 0 aromatic carbocycles. The number of aryl methyl sites for hydroxylation is 1. The van der Waals surface area contributed by atoms with Crippen molar-refractivity contribution in [3.63, 3.8) is 0 Å². The fourth-order valence-corrected chi connectivity index (χ4v) is 1.10. The zero-order valence-electron chi connectivity index (χ0n) is 8.11. The summed E-state index contributed by atoms with van der Waals surface area (Å²) in [5, 5.41) is 0. The highest BCUT2D eigenvalue weighted by molar-refractivity contribution is 5.60. The van der Waals surface area contributed by atoms with Crippen molar-refractivity contribution in [2.24, 2.45) is 0 Å². The summed E-state index contributed by atoms with van der Waals surface area (Å²) in [6.07, 6.45) is 2.93. The number of anilines is 1. The highest BCUT2D eigenvalue weighted by Crippen LogP contribution is 2.13. The van der Waals surface area contributed by atoms with Crippen LogP contribution >= 0.6 is 0 Å². The van der Waals surface area contributed by atoms with Crippen LogP contribution in [0.3, 0.4) is 0 Å². The first-order valence-electron chi connectivity index (χ1n) is 4.08. The summed E-state index contributed by atoms with van der Waals surface area (Å²) in [7, 11) is 3.80. The van der Waals surface area contributed by atoms with Crippen LogP contribution in [0.4, 0.5) is 5.82 Å². The van der Waals surface area contributed by atoms with Crippen molar-refractivity contribution in [3.05, 3.63) is 17.6 Å². The number of hydrogen-bond acceptors (Lipinski definition) is 4. The average Bonchev–Trinajstić information content (AvgIpc) is 2.08. The van der Waals surface area contributed by atoms with Crippen molar-refractivity contribution in [2.45, 2.75) is 13.3 Å². The Hall–Kier alpha value is -1.45. The molecule has 4 heteroatoms. The lowest BCUT2D eigenvalue weighted by atomic mass is 10.2. The first-order chi connectivity index (χ1) is 6.15. The van der Waals surface area contributed by atoms with Gasteiger partial charge in [0.15, 0.2) is 0 Å². The molecule has 0 bridgehead atoms. The highest BCUT2D eigenvalue weighted by Gasteiger charge is 2.06. The predicted molar refractivity (Wildman–Crippen MR) is 50.9 cm³/mol. The van der Waals surface area contributed by atoms with Crippen LogP contribution < -0.4 is 4.90 Å². The van der Waals surface area contributed by atoms with Crippen LogP contribution in [-0.2, 0) is 11.2 Å². The van der Waals surface area contributed by atoms with Crippen LogP contribution in [0.1, 0.15) is 11.4 Å². The van der Waals surface area contributed by atoms with Gasteiger partial charge in [-0.3, -0.25) is 0 Å². The quantitative estimate of drug-likeness (QED) is 0.637. The molecule has 0 radical (unpaired) electrons. The van der Waals surface area contributed by atoms with Crippen LogP contribution in [0, 0.1) is 6.92 Å². The summed E-state index contributed by atoms with van der Waals surface area (Å²) in [6, 6.07) is 0. The molecular weight excluding hydrogens is 166 g/mol. The fourth-order valence-electron chi connectivity index (χ4n) is 1.10. The Balaban J connectivity index is 3.10. The molecule has 0 unspecified atom stereocenters. The maximum atomic E-state index is 10.4. The van der Waals surface area contributed by atoms with Gasteiger partial charge in [0.25, 0.3) is 0 Å². The molecule has 1 heterocycles. The molecule has 0 aliphatic rings. The molecule has 4 nitrogen and oxygen atoms in total. The number of aromatic nitrogens is 2. The van der Waals surface area contributed by atoms with E-state index in [4.69, 9.17) is 0 Å². The second-order valence-corrected chi connectivity index (χ2v) is 3.03. The zero-order valence-corrected chi connectivity index (χ0v) is 8.11. The molecule has 0 fully saturated rings. The highest BCUT2D eigenvalue weighted by atomic mass is 16.1. The van der Waals surface area contributed by atoms with Gasteiger partial charge in [0.05, 0.1) is 0 Å². The number of aldehydes is 1. The predicted octanol–water partition coefficient (Wildman–Crippen LogP) is 0.592. The third kappa shape index (κ3) is 2.24. The lowest BCUT2D eigenvalue weighted by Crippen LogP contribution is -2.14. The van der Waals surface area contributed by atoms with Gasteiger partial charge in [0.2, 0.25) is 0 Å². The first-order valence-corrected chi connectivity index (χ1v) is 4.08. The summed E-state index contributed by atoms with van der Waals surface area (Å²) in [5.74, 6) is 1.54. The lowest BCUT2D eigenvalue weighted by molar-refractivity contribution is -0.107. The molecule has 0 saturated carbocycles. The van der Waals surface area contributed by atoms with Crippen molar-refractivity contribution in [2.75, 3.05) is 19.0 Å². The van der Waals surface area contributed by atoms with Crippen molar-refractivity contribution in [3.8, 4) is 0 Å². The summed E-state index contributed by atoms with van der Waals surface area (Å²) in [4.78, 5) is 20.5. The van der Waals surface area contributed by atoms with Crippen LogP contribution in [0.15, 0.2) is 6.20 Å². The van der Waals surface area contributed by atoms with E-state index in [0.717, 1.165) is 23.5 Å². The minimum Gasteiger partial charge on any atom is -0.362 e. The van der Waals surface area contributed by atoms with E-state index in [2.05, 4.69) is 9.97 Å². The number of carbonyl (C=O) groups is 1. The summed E-state index contributed by atoms with van der Waals surface area (Å²) < 4.78 is 0. The smallest absolute Gasteiger partial charge is 0.135 e. The van der Waals surface area contributed by atoms with Gasteiger partial charge in [-0.2, -0.15) is 0 Å². The Morgan fingerprint density at radius 1 is 1.54 bits per heavy atom. The van der Waals surface area contributed by atoms with E-state index in [9.17, 15) is 4.79 Å². The minimum atomic E-state index is 0.369. The normalized spacial score (nSPS) is 9.77. The minimum absolute atomic E-state index is 0.369. The van der Waals surface area contributed by atoms with Gasteiger partial charge in [-0.1, -0.05) is 0 Å². The molecule has 0 aliphatic heterocycles. The molecule has 13 heavy (non-hydrogen) atoms.